The number of piperidine rings is 1. The highest BCUT2D eigenvalue weighted by Gasteiger charge is 2.48. The van der Waals surface area contributed by atoms with E-state index >= 15 is 0 Å². The molecule has 0 unspecified atom stereocenters. The molecule has 21 heavy (non-hydrogen) atoms. The van der Waals surface area contributed by atoms with E-state index in [-0.39, 0.29) is 18.3 Å². The van der Waals surface area contributed by atoms with Crippen molar-refractivity contribution in [2.45, 2.75) is 24.3 Å². The van der Waals surface area contributed by atoms with Crippen molar-refractivity contribution in [2.75, 3.05) is 13.1 Å². The number of nitrogens with one attached hydrogen (secondary N) is 1. The second-order valence-electron chi connectivity index (χ2n) is 4.46. The first-order valence-corrected chi connectivity index (χ1v) is 7.38. The summed E-state index contributed by atoms with van der Waals surface area (Å²) in [6, 6.07) is 2.67. The van der Waals surface area contributed by atoms with Gasteiger partial charge in [-0.15, -0.1) is 12.4 Å². The average molecular weight is 347 g/mol. The van der Waals surface area contributed by atoms with Crippen molar-refractivity contribution in [3.63, 3.8) is 0 Å². The summed E-state index contributed by atoms with van der Waals surface area (Å²) >= 11 is 0. The normalized spacial score (nSPS) is 19.7. The van der Waals surface area contributed by atoms with E-state index in [9.17, 15) is 21.6 Å². The predicted octanol–water partition coefficient (Wildman–Crippen LogP) is 2.20. The van der Waals surface area contributed by atoms with Crippen LogP contribution in [0, 0.1) is 0 Å². The van der Waals surface area contributed by atoms with Gasteiger partial charge < -0.3 is 9.50 Å². The molecule has 1 aromatic rings. The molecule has 5 nitrogen and oxygen atoms in total. The van der Waals surface area contributed by atoms with Gasteiger partial charge in [0.25, 0.3) is 0 Å². The lowest BCUT2D eigenvalue weighted by molar-refractivity contribution is -0.0501. The van der Waals surface area contributed by atoms with Gasteiger partial charge in [-0.05, 0) is 30.9 Å². The minimum absolute atomic E-state index is 0. The van der Waals surface area contributed by atoms with Crippen molar-refractivity contribution < 1.29 is 25.8 Å². The van der Waals surface area contributed by atoms with E-state index in [2.05, 4.69) is 14.5 Å². The summed E-state index contributed by atoms with van der Waals surface area (Å²) in [6.07, 6.45) is 3.31. The van der Waals surface area contributed by atoms with Crippen LogP contribution in [0.3, 0.4) is 0 Å². The number of hydrogen-bond donors (Lipinski definition) is 1. The number of aromatic nitrogens is 1. The second-order valence-corrected chi connectivity index (χ2v) is 5.99. The molecule has 0 bridgehead atoms. The largest absolute Gasteiger partial charge is 0.534 e. The quantitative estimate of drug-likeness (QED) is 0.671. The number of alkyl halides is 3. The van der Waals surface area contributed by atoms with Gasteiger partial charge in [-0.1, -0.05) is 6.07 Å². The van der Waals surface area contributed by atoms with Crippen LogP contribution in [0.2, 0.25) is 0 Å². The molecule has 2 heterocycles. The zero-order valence-corrected chi connectivity index (χ0v) is 12.4. The van der Waals surface area contributed by atoms with Crippen LogP contribution < -0.4 is 9.50 Å². The molecule has 0 amide bonds. The van der Waals surface area contributed by atoms with Crippen LogP contribution in [0.4, 0.5) is 13.2 Å². The van der Waals surface area contributed by atoms with Crippen molar-refractivity contribution in [2.24, 2.45) is 0 Å². The Kier molecular flexibility index (Phi) is 5.83. The monoisotopic (exact) mass is 346 g/mol. The third-order valence-corrected chi connectivity index (χ3v) is 3.96. The van der Waals surface area contributed by atoms with Crippen molar-refractivity contribution >= 4 is 22.5 Å². The van der Waals surface area contributed by atoms with Gasteiger partial charge in [-0.25, -0.2) is 4.98 Å². The minimum Gasteiger partial charge on any atom is -0.355 e. The number of rotatable bonds is 3. The van der Waals surface area contributed by atoms with E-state index in [1.807, 2.05) is 0 Å². The van der Waals surface area contributed by atoms with Gasteiger partial charge in [0.15, 0.2) is 0 Å². The molecule has 2 rings (SSSR count). The molecule has 1 atom stereocenters. The van der Waals surface area contributed by atoms with E-state index < -0.39 is 21.5 Å². The van der Waals surface area contributed by atoms with Crippen molar-refractivity contribution in [1.82, 2.24) is 10.3 Å². The zero-order valence-electron chi connectivity index (χ0n) is 10.8. The van der Waals surface area contributed by atoms with Crippen molar-refractivity contribution in [1.29, 1.82) is 0 Å². The summed E-state index contributed by atoms with van der Waals surface area (Å²) in [7, 11) is -5.66. The maximum absolute atomic E-state index is 12.1. The van der Waals surface area contributed by atoms with Crippen LogP contribution in [0.1, 0.15) is 24.3 Å². The third-order valence-electron chi connectivity index (χ3n) is 3.01. The summed E-state index contributed by atoms with van der Waals surface area (Å²) in [5.41, 5.74) is -4.62. The van der Waals surface area contributed by atoms with Gasteiger partial charge >= 0.3 is 15.6 Å². The molecule has 1 aliphatic rings. The summed E-state index contributed by atoms with van der Waals surface area (Å²) in [5.74, 6) is -0.362. The number of hydrogen-bond acceptors (Lipinski definition) is 5. The van der Waals surface area contributed by atoms with E-state index in [0.717, 1.165) is 37.6 Å². The first kappa shape index (κ1) is 18.0. The molecular weight excluding hydrogens is 333 g/mol. The molecule has 1 saturated heterocycles. The molecule has 1 aliphatic heterocycles. The molecule has 0 radical (unpaired) electrons. The molecule has 1 N–H and O–H groups in total. The molecule has 0 saturated carbocycles. The Morgan fingerprint density at radius 2 is 2.05 bits per heavy atom. The van der Waals surface area contributed by atoms with E-state index in [1.165, 1.54) is 12.3 Å². The molecule has 120 valence electrons. The molecule has 1 fully saturated rings. The number of halogens is 4. The first-order chi connectivity index (χ1) is 9.29. The third kappa shape index (κ3) is 4.45. The second kappa shape index (κ2) is 6.80. The van der Waals surface area contributed by atoms with Crippen LogP contribution in [-0.4, -0.2) is 32.0 Å². The van der Waals surface area contributed by atoms with E-state index in [4.69, 9.17) is 0 Å². The summed E-state index contributed by atoms with van der Waals surface area (Å²) in [5, 5.41) is 3.20. The number of pyridine rings is 1. The van der Waals surface area contributed by atoms with Crippen LogP contribution >= 0.6 is 12.4 Å². The fourth-order valence-electron chi connectivity index (χ4n) is 1.98. The Balaban J connectivity index is 0.00000220. The minimum atomic E-state index is -5.66. The molecular formula is C11H14ClF3N2O3S. The fourth-order valence-corrected chi connectivity index (χ4v) is 2.40. The Labute approximate surface area is 126 Å². The highest BCUT2D eigenvalue weighted by Crippen LogP contribution is 2.27. The molecule has 0 aromatic carbocycles. The van der Waals surface area contributed by atoms with Crippen LogP contribution in [0.25, 0.3) is 0 Å². The summed E-state index contributed by atoms with van der Waals surface area (Å²) in [4.78, 5) is 3.62. The van der Waals surface area contributed by atoms with Crippen LogP contribution in [-0.2, 0) is 10.1 Å². The van der Waals surface area contributed by atoms with Gasteiger partial charge in [0.1, 0.15) is 0 Å². The molecule has 0 spiro atoms. The maximum Gasteiger partial charge on any atom is 0.534 e. The Hall–Kier alpha value is -1.06. The highest BCUT2D eigenvalue weighted by molar-refractivity contribution is 7.87. The summed E-state index contributed by atoms with van der Waals surface area (Å²) in [6.45, 7) is 1.71. The van der Waals surface area contributed by atoms with Gasteiger partial charge in [0.2, 0.25) is 5.88 Å². The standard InChI is InChI=1S/C11H13F3N2O3S.ClH/c12-11(13,14)20(17,18)19-10-4-3-9(7-16-10)8-2-1-5-15-6-8;/h3-4,7-8,15H,1-2,5-6H2;1H/t8-;/m1./s1. The van der Waals surface area contributed by atoms with E-state index in [1.54, 1.807) is 0 Å². The van der Waals surface area contributed by atoms with Crippen LogP contribution in [0.15, 0.2) is 18.3 Å². The van der Waals surface area contributed by atoms with Crippen LogP contribution in [0.5, 0.6) is 5.88 Å². The fraction of sp³-hybridized carbons (Fsp3) is 0.545. The SMILES string of the molecule is Cl.O=S(=O)(Oc1ccc([C@@H]2CCCNC2)cn1)C(F)(F)F. The highest BCUT2D eigenvalue weighted by atomic mass is 35.5. The maximum atomic E-state index is 12.1. The molecule has 10 heteroatoms. The predicted molar refractivity (Wildman–Crippen MR) is 71.9 cm³/mol. The van der Waals surface area contributed by atoms with Crippen molar-refractivity contribution in [3.05, 3.63) is 23.9 Å². The topological polar surface area (TPSA) is 68.3 Å². The first-order valence-electron chi connectivity index (χ1n) is 5.97. The molecule has 1 aromatic heterocycles. The number of nitrogens with zero attached hydrogens (tertiary/aromatic N) is 1. The Morgan fingerprint density at radius 3 is 2.52 bits per heavy atom. The van der Waals surface area contributed by atoms with Crippen molar-refractivity contribution in [3.8, 4) is 5.88 Å². The lowest BCUT2D eigenvalue weighted by atomic mass is 9.93. The summed E-state index contributed by atoms with van der Waals surface area (Å²) < 4.78 is 62.0. The van der Waals surface area contributed by atoms with E-state index in [0.29, 0.717) is 0 Å². The Bertz CT molecular complexity index is 557. The zero-order chi connectivity index (χ0) is 14.8. The average Bonchev–Trinajstić information content (AvgIpc) is 2.39. The van der Waals surface area contributed by atoms with Gasteiger partial charge in [-0.3, -0.25) is 0 Å². The van der Waals surface area contributed by atoms with Gasteiger partial charge in [0.05, 0.1) is 0 Å². The smallest absolute Gasteiger partial charge is 0.355 e. The Morgan fingerprint density at radius 1 is 1.33 bits per heavy atom. The lowest BCUT2D eigenvalue weighted by Gasteiger charge is -2.22. The van der Waals surface area contributed by atoms with Gasteiger partial charge in [-0.2, -0.15) is 21.6 Å². The van der Waals surface area contributed by atoms with Gasteiger partial charge in [0, 0.05) is 18.8 Å². The lowest BCUT2D eigenvalue weighted by Crippen LogP contribution is -2.29. The molecule has 0 aliphatic carbocycles.